The number of fused-ring (bicyclic) bond motifs is 1. The van der Waals surface area contributed by atoms with Crippen LogP contribution in [0.1, 0.15) is 29.4 Å². The number of imide groups is 1. The zero-order chi connectivity index (χ0) is 19.7. The molecule has 0 saturated heterocycles. The number of benzene rings is 1. The van der Waals surface area contributed by atoms with Gasteiger partial charge in [0.1, 0.15) is 9.88 Å². The fraction of sp³-hybridized carbons (Fsp3) is 0.263. The number of hydrogen-bond acceptors (Lipinski definition) is 7. The van der Waals surface area contributed by atoms with Gasteiger partial charge in [-0.1, -0.05) is 12.1 Å². The van der Waals surface area contributed by atoms with E-state index in [0.717, 1.165) is 32.9 Å². The van der Waals surface area contributed by atoms with Crippen LogP contribution in [0.4, 0.5) is 4.79 Å². The molecule has 1 saturated carbocycles. The van der Waals surface area contributed by atoms with Crippen LogP contribution in [0.15, 0.2) is 36.4 Å². The van der Waals surface area contributed by atoms with Crippen molar-refractivity contribution in [3.05, 3.63) is 41.3 Å². The molecule has 2 aromatic heterocycles. The van der Waals surface area contributed by atoms with Crippen molar-refractivity contribution in [2.75, 3.05) is 0 Å². The SMILES string of the molecule is CC(OC(=O)c1ccc(-c2nc3ccccc3s2)s1)C(=O)NC(=O)NC1CC1. The first-order valence-electron chi connectivity index (χ1n) is 8.78. The Labute approximate surface area is 168 Å². The number of carbonyl (C=O) groups is 3. The van der Waals surface area contributed by atoms with Crippen LogP contribution in [0.2, 0.25) is 0 Å². The standard InChI is InChI=1S/C19H17N3O4S2/c1-10(16(23)22-19(25)20-11-6-7-11)26-18(24)15-9-8-14(27-15)17-21-12-4-2-3-5-13(12)28-17/h2-5,8-11H,6-7H2,1H3,(H2,20,22,23,25). The number of aromatic nitrogens is 1. The molecule has 0 radical (unpaired) electrons. The second-order valence-electron chi connectivity index (χ2n) is 6.44. The van der Waals surface area contributed by atoms with E-state index >= 15 is 0 Å². The maximum Gasteiger partial charge on any atom is 0.349 e. The number of nitrogens with zero attached hydrogens (tertiary/aromatic N) is 1. The summed E-state index contributed by atoms with van der Waals surface area (Å²) in [5.41, 5.74) is 0.912. The highest BCUT2D eigenvalue weighted by molar-refractivity contribution is 7.26. The molecule has 7 nitrogen and oxygen atoms in total. The lowest BCUT2D eigenvalue weighted by Crippen LogP contribution is -2.45. The van der Waals surface area contributed by atoms with Gasteiger partial charge in [0.15, 0.2) is 6.10 Å². The van der Waals surface area contributed by atoms with E-state index in [1.807, 2.05) is 30.3 Å². The smallest absolute Gasteiger partial charge is 0.349 e. The van der Waals surface area contributed by atoms with Crippen molar-refractivity contribution in [1.82, 2.24) is 15.6 Å². The average molecular weight is 415 g/mol. The molecule has 1 aromatic carbocycles. The predicted molar refractivity (Wildman–Crippen MR) is 108 cm³/mol. The Balaban J connectivity index is 1.38. The molecule has 9 heteroatoms. The van der Waals surface area contributed by atoms with Crippen molar-refractivity contribution in [3.63, 3.8) is 0 Å². The fourth-order valence-corrected chi connectivity index (χ4v) is 4.38. The number of amides is 3. The lowest BCUT2D eigenvalue weighted by atomic mass is 10.3. The molecule has 2 heterocycles. The third-order valence-electron chi connectivity index (χ3n) is 4.11. The van der Waals surface area contributed by atoms with Gasteiger partial charge in [-0.15, -0.1) is 22.7 Å². The molecular weight excluding hydrogens is 398 g/mol. The van der Waals surface area contributed by atoms with E-state index in [2.05, 4.69) is 15.6 Å². The van der Waals surface area contributed by atoms with Gasteiger partial charge in [-0.25, -0.2) is 14.6 Å². The summed E-state index contributed by atoms with van der Waals surface area (Å²) in [5.74, 6) is -1.27. The quantitative estimate of drug-likeness (QED) is 0.621. The Kier molecular flexibility index (Phi) is 5.10. The van der Waals surface area contributed by atoms with Crippen molar-refractivity contribution < 1.29 is 19.1 Å². The van der Waals surface area contributed by atoms with Crippen molar-refractivity contribution in [1.29, 1.82) is 0 Å². The fourth-order valence-electron chi connectivity index (χ4n) is 2.47. The number of nitrogens with one attached hydrogen (secondary N) is 2. The van der Waals surface area contributed by atoms with E-state index in [1.54, 1.807) is 17.4 Å². The highest BCUT2D eigenvalue weighted by Crippen LogP contribution is 2.34. The summed E-state index contributed by atoms with van der Waals surface area (Å²) in [6, 6.07) is 10.9. The molecule has 3 amide bonds. The largest absolute Gasteiger partial charge is 0.448 e. The van der Waals surface area contributed by atoms with Crippen LogP contribution >= 0.6 is 22.7 Å². The molecule has 3 aromatic rings. The zero-order valence-electron chi connectivity index (χ0n) is 14.9. The summed E-state index contributed by atoms with van der Waals surface area (Å²) in [5, 5.41) is 5.65. The van der Waals surface area contributed by atoms with Crippen LogP contribution in [0.5, 0.6) is 0 Å². The first-order chi connectivity index (χ1) is 13.5. The van der Waals surface area contributed by atoms with E-state index in [-0.39, 0.29) is 6.04 Å². The lowest BCUT2D eigenvalue weighted by molar-refractivity contribution is -0.127. The second-order valence-corrected chi connectivity index (χ2v) is 8.55. The van der Waals surface area contributed by atoms with Gasteiger partial charge in [0.05, 0.1) is 15.1 Å². The Bertz CT molecular complexity index is 1020. The van der Waals surface area contributed by atoms with Gasteiger partial charge in [-0.3, -0.25) is 10.1 Å². The molecule has 28 heavy (non-hydrogen) atoms. The molecule has 1 unspecified atom stereocenters. The van der Waals surface area contributed by atoms with E-state index in [1.165, 1.54) is 18.3 Å². The van der Waals surface area contributed by atoms with E-state index in [9.17, 15) is 14.4 Å². The number of urea groups is 1. The summed E-state index contributed by atoms with van der Waals surface area (Å²) in [6.07, 6.45) is 0.758. The number of ether oxygens (including phenoxy) is 1. The number of thiophene rings is 1. The third-order valence-corrected chi connectivity index (χ3v) is 6.39. The van der Waals surface area contributed by atoms with Crippen molar-refractivity contribution in [3.8, 4) is 9.88 Å². The van der Waals surface area contributed by atoms with Crippen LogP contribution in [-0.4, -0.2) is 35.0 Å². The minimum Gasteiger partial charge on any atom is -0.448 e. The van der Waals surface area contributed by atoms with E-state index in [0.29, 0.717) is 4.88 Å². The van der Waals surface area contributed by atoms with Crippen molar-refractivity contribution >= 4 is 50.8 Å². The monoisotopic (exact) mass is 415 g/mol. The number of esters is 1. The molecule has 144 valence electrons. The predicted octanol–water partition coefficient (Wildman–Crippen LogP) is 3.56. The maximum atomic E-state index is 12.3. The van der Waals surface area contributed by atoms with Crippen LogP contribution in [-0.2, 0) is 9.53 Å². The molecule has 1 atom stereocenters. The van der Waals surface area contributed by atoms with Crippen molar-refractivity contribution in [2.24, 2.45) is 0 Å². The third kappa shape index (κ3) is 4.20. The molecule has 0 bridgehead atoms. The number of carbonyl (C=O) groups excluding carboxylic acids is 3. The van der Waals surface area contributed by atoms with Gasteiger partial charge in [-0.2, -0.15) is 0 Å². The molecule has 1 fully saturated rings. The molecule has 0 aliphatic heterocycles. The number of thiazole rings is 1. The summed E-state index contributed by atoms with van der Waals surface area (Å²) >= 11 is 2.81. The van der Waals surface area contributed by atoms with Gasteiger partial charge in [0, 0.05) is 6.04 Å². The van der Waals surface area contributed by atoms with Crippen LogP contribution in [0.3, 0.4) is 0 Å². The summed E-state index contributed by atoms with van der Waals surface area (Å²) in [7, 11) is 0. The zero-order valence-corrected chi connectivity index (χ0v) is 16.6. The first-order valence-corrected chi connectivity index (χ1v) is 10.4. The van der Waals surface area contributed by atoms with Crippen LogP contribution in [0.25, 0.3) is 20.1 Å². The Morgan fingerprint density at radius 1 is 1.14 bits per heavy atom. The topological polar surface area (TPSA) is 97.4 Å². The normalized spacial score (nSPS) is 14.5. The van der Waals surface area contributed by atoms with Gasteiger partial charge >= 0.3 is 12.0 Å². The average Bonchev–Trinajstić information content (AvgIpc) is 3.19. The molecular formula is C19H17N3O4S2. The van der Waals surface area contributed by atoms with Crippen LogP contribution < -0.4 is 10.6 Å². The molecule has 2 N–H and O–H groups in total. The van der Waals surface area contributed by atoms with E-state index < -0.39 is 24.0 Å². The Morgan fingerprint density at radius 2 is 1.93 bits per heavy atom. The number of rotatable bonds is 5. The minimum absolute atomic E-state index is 0.137. The van der Waals surface area contributed by atoms with E-state index in [4.69, 9.17) is 4.74 Å². The minimum atomic E-state index is -1.08. The molecule has 1 aliphatic rings. The summed E-state index contributed by atoms with van der Waals surface area (Å²) in [4.78, 5) is 41.7. The number of hydrogen-bond donors (Lipinski definition) is 2. The van der Waals surface area contributed by atoms with Gasteiger partial charge < -0.3 is 10.1 Å². The molecule has 4 rings (SSSR count). The van der Waals surface area contributed by atoms with Gasteiger partial charge in [0.25, 0.3) is 5.91 Å². The second kappa shape index (κ2) is 7.69. The highest BCUT2D eigenvalue weighted by atomic mass is 32.1. The number of para-hydroxylation sites is 1. The molecule has 1 aliphatic carbocycles. The Hall–Kier alpha value is -2.78. The lowest BCUT2D eigenvalue weighted by Gasteiger charge is -2.12. The molecule has 0 spiro atoms. The maximum absolute atomic E-state index is 12.3. The Morgan fingerprint density at radius 3 is 2.68 bits per heavy atom. The van der Waals surface area contributed by atoms with Gasteiger partial charge in [0.2, 0.25) is 0 Å². The van der Waals surface area contributed by atoms with Crippen LogP contribution in [0, 0.1) is 0 Å². The summed E-state index contributed by atoms with van der Waals surface area (Å²) < 4.78 is 6.26. The summed E-state index contributed by atoms with van der Waals surface area (Å²) in [6.45, 7) is 1.43. The van der Waals surface area contributed by atoms with Gasteiger partial charge in [-0.05, 0) is 44.0 Å². The highest BCUT2D eigenvalue weighted by Gasteiger charge is 2.26. The van der Waals surface area contributed by atoms with Crippen molar-refractivity contribution in [2.45, 2.75) is 31.9 Å². The first kappa shape index (κ1) is 18.6.